The maximum Gasteiger partial charge on any atom is 0.409 e. The number of fused-ring (bicyclic) bond motifs is 1. The van der Waals surface area contributed by atoms with Gasteiger partial charge in [0.1, 0.15) is 0 Å². The molecule has 3 rings (SSSR count). The van der Waals surface area contributed by atoms with Crippen molar-refractivity contribution in [2.75, 3.05) is 32.8 Å². The molecule has 1 aliphatic heterocycles. The second kappa shape index (κ2) is 7.38. The van der Waals surface area contributed by atoms with Crippen LogP contribution in [0.1, 0.15) is 18.9 Å². The van der Waals surface area contributed by atoms with Crippen LogP contribution in [0.3, 0.4) is 0 Å². The lowest BCUT2D eigenvalue weighted by Gasteiger charge is -2.34. The number of para-hydroxylation sites is 1. The summed E-state index contributed by atoms with van der Waals surface area (Å²) in [4.78, 5) is 30.8. The molecule has 24 heavy (non-hydrogen) atoms. The van der Waals surface area contributed by atoms with Gasteiger partial charge in [-0.1, -0.05) is 18.2 Å². The van der Waals surface area contributed by atoms with Crippen molar-refractivity contribution in [2.45, 2.75) is 19.8 Å². The highest BCUT2D eigenvalue weighted by Gasteiger charge is 2.24. The Balaban J connectivity index is 1.50. The van der Waals surface area contributed by atoms with E-state index in [-0.39, 0.29) is 12.0 Å². The number of hydrogen-bond donors (Lipinski definition) is 1. The Morgan fingerprint density at radius 2 is 1.83 bits per heavy atom. The van der Waals surface area contributed by atoms with Crippen molar-refractivity contribution < 1.29 is 14.3 Å². The molecule has 2 heterocycles. The number of aromatic nitrogens is 1. The monoisotopic (exact) mass is 329 g/mol. The van der Waals surface area contributed by atoms with Crippen molar-refractivity contribution in [3.63, 3.8) is 0 Å². The number of ether oxygens (including phenoxy) is 1. The number of carbonyl (C=O) groups is 2. The Morgan fingerprint density at radius 1 is 1.12 bits per heavy atom. The lowest BCUT2D eigenvalue weighted by atomic mass is 10.1. The van der Waals surface area contributed by atoms with Gasteiger partial charge < -0.3 is 19.5 Å². The Labute approximate surface area is 141 Å². The second-order valence-electron chi connectivity index (χ2n) is 5.93. The number of amides is 2. The van der Waals surface area contributed by atoms with E-state index in [0.717, 1.165) is 11.9 Å². The van der Waals surface area contributed by atoms with Gasteiger partial charge in [-0.25, -0.2) is 4.79 Å². The molecule has 1 aliphatic rings. The zero-order valence-corrected chi connectivity index (χ0v) is 14.0. The van der Waals surface area contributed by atoms with E-state index in [1.807, 2.05) is 29.3 Å². The van der Waals surface area contributed by atoms with Crippen molar-refractivity contribution in [2.24, 2.45) is 0 Å². The van der Waals surface area contributed by atoms with Crippen LogP contribution in [0.5, 0.6) is 0 Å². The minimum Gasteiger partial charge on any atom is -0.450 e. The van der Waals surface area contributed by atoms with Gasteiger partial charge in [0.15, 0.2) is 0 Å². The third-order valence-corrected chi connectivity index (χ3v) is 4.44. The van der Waals surface area contributed by atoms with Crippen molar-refractivity contribution in [1.82, 2.24) is 14.8 Å². The molecule has 0 aliphatic carbocycles. The molecular formula is C18H23N3O3. The van der Waals surface area contributed by atoms with Crippen molar-refractivity contribution >= 4 is 22.9 Å². The highest BCUT2D eigenvalue weighted by Crippen LogP contribution is 2.19. The molecule has 0 spiro atoms. The maximum atomic E-state index is 12.4. The normalized spacial score (nSPS) is 14.9. The van der Waals surface area contributed by atoms with E-state index in [0.29, 0.717) is 39.2 Å². The lowest BCUT2D eigenvalue weighted by Crippen LogP contribution is -2.50. The van der Waals surface area contributed by atoms with E-state index in [9.17, 15) is 9.59 Å². The molecule has 1 saturated heterocycles. The number of nitrogens with zero attached hydrogens (tertiary/aromatic N) is 2. The molecule has 2 amide bonds. The number of nitrogens with one attached hydrogen (secondary N) is 1. The first kappa shape index (κ1) is 16.4. The van der Waals surface area contributed by atoms with E-state index in [4.69, 9.17) is 4.74 Å². The first-order chi connectivity index (χ1) is 11.7. The number of benzene rings is 1. The van der Waals surface area contributed by atoms with Gasteiger partial charge in [0.05, 0.1) is 6.61 Å². The number of aryl methyl sites for hydroxylation is 1. The quantitative estimate of drug-likeness (QED) is 0.937. The van der Waals surface area contributed by atoms with E-state index < -0.39 is 0 Å². The summed E-state index contributed by atoms with van der Waals surface area (Å²) < 4.78 is 4.99. The Hall–Kier alpha value is -2.50. The average Bonchev–Trinajstić information content (AvgIpc) is 3.03. The molecule has 1 aromatic carbocycles. The number of piperazine rings is 1. The number of rotatable bonds is 4. The van der Waals surface area contributed by atoms with Gasteiger partial charge in [0, 0.05) is 49.7 Å². The third-order valence-electron chi connectivity index (χ3n) is 4.44. The fourth-order valence-electron chi connectivity index (χ4n) is 3.09. The topological polar surface area (TPSA) is 65.6 Å². The van der Waals surface area contributed by atoms with Crippen LogP contribution in [0.4, 0.5) is 4.79 Å². The Bertz CT molecular complexity index is 717. The molecule has 0 unspecified atom stereocenters. The minimum atomic E-state index is -0.289. The standard InChI is InChI=1S/C18H23N3O3/c1-2-24-18(23)21-11-9-20(10-12-21)17(22)8-7-14-13-19-16-6-4-3-5-15(14)16/h3-6,13,19H,2,7-12H2,1H3. The first-order valence-corrected chi connectivity index (χ1v) is 8.43. The van der Waals surface area contributed by atoms with Crippen LogP contribution in [0.2, 0.25) is 0 Å². The van der Waals surface area contributed by atoms with Crippen molar-refractivity contribution in [1.29, 1.82) is 0 Å². The van der Waals surface area contributed by atoms with Crippen LogP contribution in [-0.2, 0) is 16.0 Å². The van der Waals surface area contributed by atoms with Crippen molar-refractivity contribution in [3.05, 3.63) is 36.0 Å². The summed E-state index contributed by atoms with van der Waals surface area (Å²) in [5.74, 6) is 0.142. The molecular weight excluding hydrogens is 306 g/mol. The van der Waals surface area contributed by atoms with Crippen LogP contribution >= 0.6 is 0 Å². The number of aromatic amines is 1. The maximum absolute atomic E-state index is 12.4. The van der Waals surface area contributed by atoms with E-state index in [2.05, 4.69) is 11.1 Å². The van der Waals surface area contributed by atoms with Gasteiger partial charge in [-0.2, -0.15) is 0 Å². The second-order valence-corrected chi connectivity index (χ2v) is 5.93. The van der Waals surface area contributed by atoms with Crippen LogP contribution in [0.25, 0.3) is 10.9 Å². The van der Waals surface area contributed by atoms with Crippen LogP contribution in [0.15, 0.2) is 30.5 Å². The smallest absolute Gasteiger partial charge is 0.409 e. The van der Waals surface area contributed by atoms with Gasteiger partial charge in [0.2, 0.25) is 5.91 Å². The van der Waals surface area contributed by atoms with Gasteiger partial charge in [-0.05, 0) is 25.0 Å². The summed E-state index contributed by atoms with van der Waals surface area (Å²) >= 11 is 0. The van der Waals surface area contributed by atoms with Gasteiger partial charge in [-0.3, -0.25) is 4.79 Å². The molecule has 0 radical (unpaired) electrons. The van der Waals surface area contributed by atoms with Gasteiger partial charge in [0.25, 0.3) is 0 Å². The summed E-state index contributed by atoms with van der Waals surface area (Å²) in [6.07, 6.45) is 2.90. The highest BCUT2D eigenvalue weighted by molar-refractivity contribution is 5.84. The SMILES string of the molecule is CCOC(=O)N1CCN(C(=O)CCc2c[nH]c3ccccc23)CC1. The predicted octanol–water partition coefficient (Wildman–Crippen LogP) is 2.40. The fourth-order valence-corrected chi connectivity index (χ4v) is 3.09. The molecule has 1 aromatic heterocycles. The molecule has 128 valence electrons. The lowest BCUT2D eigenvalue weighted by molar-refractivity contribution is -0.132. The van der Waals surface area contributed by atoms with Crippen LogP contribution in [-0.4, -0.2) is 59.6 Å². The Kier molecular flexibility index (Phi) is 5.03. The predicted molar refractivity (Wildman–Crippen MR) is 91.8 cm³/mol. The summed E-state index contributed by atoms with van der Waals surface area (Å²) in [7, 11) is 0. The van der Waals surface area contributed by atoms with E-state index in [1.54, 1.807) is 11.8 Å². The summed E-state index contributed by atoms with van der Waals surface area (Å²) in [6, 6.07) is 8.12. The fraction of sp³-hybridized carbons (Fsp3) is 0.444. The molecule has 2 aromatic rings. The van der Waals surface area contributed by atoms with Gasteiger partial charge >= 0.3 is 6.09 Å². The number of hydrogen-bond acceptors (Lipinski definition) is 3. The van der Waals surface area contributed by atoms with E-state index in [1.165, 1.54) is 10.9 Å². The Morgan fingerprint density at radius 3 is 2.58 bits per heavy atom. The summed E-state index contributed by atoms with van der Waals surface area (Å²) in [5.41, 5.74) is 2.27. The molecule has 1 N–H and O–H groups in total. The molecule has 6 heteroatoms. The zero-order valence-electron chi connectivity index (χ0n) is 14.0. The number of carbonyl (C=O) groups excluding carboxylic acids is 2. The van der Waals surface area contributed by atoms with Crippen LogP contribution < -0.4 is 0 Å². The molecule has 1 fully saturated rings. The first-order valence-electron chi connectivity index (χ1n) is 8.43. The van der Waals surface area contributed by atoms with Crippen molar-refractivity contribution in [3.8, 4) is 0 Å². The highest BCUT2D eigenvalue weighted by atomic mass is 16.6. The largest absolute Gasteiger partial charge is 0.450 e. The summed E-state index contributed by atoms with van der Waals surface area (Å²) in [6.45, 7) is 4.40. The minimum absolute atomic E-state index is 0.142. The molecule has 6 nitrogen and oxygen atoms in total. The summed E-state index contributed by atoms with van der Waals surface area (Å²) in [5, 5.41) is 1.18. The molecule has 0 saturated carbocycles. The van der Waals surface area contributed by atoms with E-state index >= 15 is 0 Å². The number of H-pyrrole nitrogens is 1. The zero-order chi connectivity index (χ0) is 16.9. The average molecular weight is 329 g/mol. The molecule has 0 bridgehead atoms. The molecule has 0 atom stereocenters. The third kappa shape index (κ3) is 3.53. The van der Waals surface area contributed by atoms with Crippen LogP contribution in [0, 0.1) is 0 Å². The van der Waals surface area contributed by atoms with Gasteiger partial charge in [-0.15, -0.1) is 0 Å².